The van der Waals surface area contributed by atoms with Crippen molar-refractivity contribution in [2.24, 2.45) is 0 Å². The summed E-state index contributed by atoms with van der Waals surface area (Å²) in [6, 6.07) is -0.238. The fourth-order valence-corrected chi connectivity index (χ4v) is 2.15. The summed E-state index contributed by atoms with van der Waals surface area (Å²) in [5.74, 6) is -3.53. The number of nitrogens with zero attached hydrogens (tertiary/aromatic N) is 2. The lowest BCUT2D eigenvalue weighted by Gasteiger charge is -2.24. The number of pyridine rings is 1. The van der Waals surface area contributed by atoms with Gasteiger partial charge in [0, 0.05) is 12.6 Å². The maximum absolute atomic E-state index is 12.9. The standard InChI is InChI=1S/C12H11F4N3O2/c13-7-4-8(6-17-5-7)18-10(20)9-2-1-3-19(9)11(21)12(14,15)16/h4-6,9H,1-3H2,(H,18,20). The van der Waals surface area contributed by atoms with Crippen molar-refractivity contribution in [1.29, 1.82) is 0 Å². The fourth-order valence-electron chi connectivity index (χ4n) is 2.15. The first-order valence-corrected chi connectivity index (χ1v) is 6.08. The van der Waals surface area contributed by atoms with Crippen LogP contribution in [0.3, 0.4) is 0 Å². The molecular weight excluding hydrogens is 294 g/mol. The van der Waals surface area contributed by atoms with E-state index >= 15 is 0 Å². The van der Waals surface area contributed by atoms with Gasteiger partial charge in [-0.3, -0.25) is 14.6 Å². The van der Waals surface area contributed by atoms with Crippen molar-refractivity contribution in [3.8, 4) is 0 Å². The van der Waals surface area contributed by atoms with Crippen LogP contribution in [-0.2, 0) is 9.59 Å². The lowest BCUT2D eigenvalue weighted by Crippen LogP contribution is -2.48. The van der Waals surface area contributed by atoms with Crippen LogP contribution in [0.4, 0.5) is 23.2 Å². The zero-order valence-corrected chi connectivity index (χ0v) is 10.7. The molecule has 5 nitrogen and oxygen atoms in total. The number of carbonyl (C=O) groups is 2. The molecule has 1 saturated heterocycles. The Morgan fingerprint density at radius 3 is 2.67 bits per heavy atom. The van der Waals surface area contributed by atoms with Crippen molar-refractivity contribution in [2.45, 2.75) is 25.1 Å². The van der Waals surface area contributed by atoms with Crippen molar-refractivity contribution in [3.05, 3.63) is 24.3 Å². The molecule has 0 spiro atoms. The number of amides is 2. The molecule has 0 bridgehead atoms. The van der Waals surface area contributed by atoms with Crippen molar-refractivity contribution < 1.29 is 27.2 Å². The number of halogens is 4. The Labute approximate surface area is 116 Å². The number of likely N-dealkylation sites (tertiary alicyclic amines) is 1. The van der Waals surface area contributed by atoms with E-state index in [0.717, 1.165) is 18.5 Å². The Bertz CT molecular complexity index is 562. The second kappa shape index (κ2) is 5.66. The third-order valence-corrected chi connectivity index (χ3v) is 3.03. The molecule has 2 heterocycles. The van der Waals surface area contributed by atoms with Crippen LogP contribution in [0.15, 0.2) is 18.5 Å². The molecule has 9 heteroatoms. The van der Waals surface area contributed by atoms with E-state index < -0.39 is 29.8 Å². The maximum atomic E-state index is 12.9. The molecule has 1 fully saturated rings. The summed E-state index contributed by atoms with van der Waals surface area (Å²) in [6.07, 6.45) is -2.53. The van der Waals surface area contributed by atoms with E-state index in [1.807, 2.05) is 0 Å². The van der Waals surface area contributed by atoms with Gasteiger partial charge in [-0.15, -0.1) is 0 Å². The second-order valence-electron chi connectivity index (χ2n) is 4.54. The number of aromatic nitrogens is 1. The van der Waals surface area contributed by atoms with Gasteiger partial charge >= 0.3 is 12.1 Å². The minimum atomic E-state index is -5.02. The van der Waals surface area contributed by atoms with Crippen LogP contribution in [0.1, 0.15) is 12.8 Å². The largest absolute Gasteiger partial charge is 0.471 e. The number of hydrogen-bond acceptors (Lipinski definition) is 3. The van der Waals surface area contributed by atoms with Crippen LogP contribution in [0.2, 0.25) is 0 Å². The maximum Gasteiger partial charge on any atom is 0.471 e. The predicted molar refractivity (Wildman–Crippen MR) is 63.6 cm³/mol. The van der Waals surface area contributed by atoms with Gasteiger partial charge in [0.1, 0.15) is 11.9 Å². The summed E-state index contributed by atoms with van der Waals surface area (Å²) < 4.78 is 50.2. The summed E-state index contributed by atoms with van der Waals surface area (Å²) in [7, 11) is 0. The summed E-state index contributed by atoms with van der Waals surface area (Å²) in [4.78, 5) is 27.2. The van der Waals surface area contributed by atoms with E-state index in [2.05, 4.69) is 10.3 Å². The van der Waals surface area contributed by atoms with Gasteiger partial charge in [-0.1, -0.05) is 0 Å². The highest BCUT2D eigenvalue weighted by atomic mass is 19.4. The highest BCUT2D eigenvalue weighted by Crippen LogP contribution is 2.26. The molecule has 2 amide bonds. The fraction of sp³-hybridized carbons (Fsp3) is 0.417. The van der Waals surface area contributed by atoms with Crippen LogP contribution in [0, 0.1) is 5.82 Å². The molecule has 114 valence electrons. The van der Waals surface area contributed by atoms with Gasteiger partial charge in [-0.05, 0) is 12.8 Å². The van der Waals surface area contributed by atoms with Gasteiger partial charge in [0.15, 0.2) is 0 Å². The first-order valence-electron chi connectivity index (χ1n) is 6.08. The minimum absolute atomic E-state index is 0.0197. The van der Waals surface area contributed by atoms with Crippen molar-refractivity contribution in [2.75, 3.05) is 11.9 Å². The third kappa shape index (κ3) is 3.47. The predicted octanol–water partition coefficient (Wildman–Crippen LogP) is 1.71. The van der Waals surface area contributed by atoms with E-state index in [-0.39, 0.29) is 18.7 Å². The molecule has 0 aromatic carbocycles. The van der Waals surface area contributed by atoms with Gasteiger partial charge in [0.25, 0.3) is 0 Å². The third-order valence-electron chi connectivity index (χ3n) is 3.03. The number of nitrogens with one attached hydrogen (secondary N) is 1. The normalized spacial score (nSPS) is 18.7. The Morgan fingerprint density at radius 1 is 1.33 bits per heavy atom. The molecule has 1 aliphatic rings. The SMILES string of the molecule is O=C(Nc1cncc(F)c1)C1CCCN1C(=O)C(F)(F)F. The molecule has 0 radical (unpaired) electrons. The Balaban J connectivity index is 2.09. The quantitative estimate of drug-likeness (QED) is 0.846. The molecule has 2 rings (SSSR count). The molecule has 0 aliphatic carbocycles. The molecule has 21 heavy (non-hydrogen) atoms. The summed E-state index contributed by atoms with van der Waals surface area (Å²) in [5.41, 5.74) is 0.0197. The Hall–Kier alpha value is -2.19. The molecule has 1 aromatic rings. The molecular formula is C12H11F4N3O2. The lowest BCUT2D eigenvalue weighted by molar-refractivity contribution is -0.186. The second-order valence-corrected chi connectivity index (χ2v) is 4.54. The van der Waals surface area contributed by atoms with Crippen molar-refractivity contribution >= 4 is 17.5 Å². The monoisotopic (exact) mass is 305 g/mol. The van der Waals surface area contributed by atoms with E-state index in [0.29, 0.717) is 11.3 Å². The summed E-state index contributed by atoms with van der Waals surface area (Å²) in [6.45, 7) is -0.141. The first kappa shape index (κ1) is 15.2. The van der Waals surface area contributed by atoms with Gasteiger partial charge in [0.05, 0.1) is 18.1 Å². The molecule has 1 atom stereocenters. The smallest absolute Gasteiger partial charge is 0.323 e. The van der Waals surface area contributed by atoms with Crippen LogP contribution in [0.5, 0.6) is 0 Å². The Morgan fingerprint density at radius 2 is 2.05 bits per heavy atom. The number of carbonyl (C=O) groups excluding carboxylic acids is 2. The zero-order chi connectivity index (χ0) is 15.6. The topological polar surface area (TPSA) is 62.3 Å². The van der Waals surface area contributed by atoms with Gasteiger partial charge in [0.2, 0.25) is 5.91 Å². The number of alkyl halides is 3. The van der Waals surface area contributed by atoms with Crippen molar-refractivity contribution in [3.63, 3.8) is 0 Å². The van der Waals surface area contributed by atoms with E-state index in [1.54, 1.807) is 0 Å². The summed E-state index contributed by atoms with van der Waals surface area (Å²) in [5, 5.41) is 2.26. The highest BCUT2D eigenvalue weighted by molar-refractivity contribution is 5.98. The number of anilines is 1. The van der Waals surface area contributed by atoms with E-state index in [9.17, 15) is 27.2 Å². The molecule has 1 aromatic heterocycles. The molecule has 0 saturated carbocycles. The zero-order valence-electron chi connectivity index (χ0n) is 10.7. The number of rotatable bonds is 2. The van der Waals surface area contributed by atoms with Crippen molar-refractivity contribution in [1.82, 2.24) is 9.88 Å². The number of hydrogen-bond donors (Lipinski definition) is 1. The highest BCUT2D eigenvalue weighted by Gasteiger charge is 2.47. The van der Waals surface area contributed by atoms with Gasteiger partial charge in [-0.25, -0.2) is 4.39 Å². The average molecular weight is 305 g/mol. The average Bonchev–Trinajstić information content (AvgIpc) is 2.85. The molecule has 1 aliphatic heterocycles. The van der Waals surface area contributed by atoms with E-state index in [1.165, 1.54) is 0 Å². The van der Waals surface area contributed by atoms with Crippen LogP contribution in [-0.4, -0.2) is 40.5 Å². The van der Waals surface area contributed by atoms with Gasteiger partial charge < -0.3 is 10.2 Å². The van der Waals surface area contributed by atoms with Crippen LogP contribution < -0.4 is 5.32 Å². The van der Waals surface area contributed by atoms with Crippen LogP contribution >= 0.6 is 0 Å². The van der Waals surface area contributed by atoms with Crippen LogP contribution in [0.25, 0.3) is 0 Å². The van der Waals surface area contributed by atoms with Gasteiger partial charge in [-0.2, -0.15) is 13.2 Å². The summed E-state index contributed by atoms with van der Waals surface area (Å²) >= 11 is 0. The van der Waals surface area contributed by atoms with E-state index in [4.69, 9.17) is 0 Å². The molecule has 1 N–H and O–H groups in total. The lowest BCUT2D eigenvalue weighted by atomic mass is 10.2. The first-order chi connectivity index (χ1) is 9.79. The Kier molecular flexibility index (Phi) is 4.10. The molecule has 1 unspecified atom stereocenters. The minimum Gasteiger partial charge on any atom is -0.323 e.